The normalized spacial score (nSPS) is 14.9. The van der Waals surface area contributed by atoms with Crippen LogP contribution in [0.1, 0.15) is 61.1 Å². The molecule has 1 N–H and O–H groups in total. The molecule has 0 saturated heterocycles. The molecule has 1 saturated carbocycles. The van der Waals surface area contributed by atoms with Crippen molar-refractivity contribution in [2.45, 2.75) is 56.5 Å². The summed E-state index contributed by atoms with van der Waals surface area (Å²) in [5, 5.41) is 8.03. The van der Waals surface area contributed by atoms with E-state index in [4.69, 9.17) is 0 Å². The predicted molar refractivity (Wildman–Crippen MR) is 97.4 cm³/mol. The predicted octanol–water partition coefficient (Wildman–Crippen LogP) is 4.82. The average molecular weight is 361 g/mol. The molecule has 0 bridgehead atoms. The summed E-state index contributed by atoms with van der Waals surface area (Å²) in [5.41, 5.74) is 0.568. The van der Waals surface area contributed by atoms with Crippen LogP contribution in [0, 0.1) is 11.7 Å². The minimum absolute atomic E-state index is 0.0489. The number of aryl methyl sites for hydroxylation is 1. The molecule has 6 heteroatoms. The molecule has 1 aromatic carbocycles. The van der Waals surface area contributed by atoms with Crippen molar-refractivity contribution in [2.24, 2.45) is 5.92 Å². The van der Waals surface area contributed by atoms with Gasteiger partial charge in [-0.3, -0.25) is 9.89 Å². The van der Waals surface area contributed by atoms with Gasteiger partial charge in [-0.25, -0.2) is 9.37 Å². The monoisotopic (exact) mass is 361 g/mol. The average Bonchev–Trinajstić information content (AvgIpc) is 3.29. The SMILES string of the molecule is O=C(CCCSc1n[nH]c(CCC2CCCC2)n1)c1ccc(F)cc1. The first kappa shape index (κ1) is 18.1. The number of halogens is 1. The summed E-state index contributed by atoms with van der Waals surface area (Å²) < 4.78 is 12.9. The molecule has 1 aromatic heterocycles. The van der Waals surface area contributed by atoms with Gasteiger partial charge in [-0.15, -0.1) is 5.10 Å². The van der Waals surface area contributed by atoms with Crippen LogP contribution in [-0.4, -0.2) is 26.7 Å². The summed E-state index contributed by atoms with van der Waals surface area (Å²) in [6.45, 7) is 0. The molecular weight excluding hydrogens is 337 g/mol. The number of Topliss-reactive ketones (excluding diaryl/α,β-unsaturated/α-hetero) is 1. The van der Waals surface area contributed by atoms with E-state index in [1.165, 1.54) is 56.4 Å². The van der Waals surface area contributed by atoms with E-state index in [9.17, 15) is 9.18 Å². The van der Waals surface area contributed by atoms with E-state index in [2.05, 4.69) is 15.2 Å². The number of carbonyl (C=O) groups is 1. The van der Waals surface area contributed by atoms with E-state index in [1.54, 1.807) is 11.8 Å². The second kappa shape index (κ2) is 9.13. The lowest BCUT2D eigenvalue weighted by Crippen LogP contribution is -1.99. The van der Waals surface area contributed by atoms with Gasteiger partial charge in [-0.05, 0) is 43.0 Å². The van der Waals surface area contributed by atoms with Crippen molar-refractivity contribution in [1.29, 1.82) is 0 Å². The van der Waals surface area contributed by atoms with Gasteiger partial charge in [-0.1, -0.05) is 37.4 Å². The highest BCUT2D eigenvalue weighted by Gasteiger charge is 2.15. The molecule has 25 heavy (non-hydrogen) atoms. The maximum atomic E-state index is 12.9. The van der Waals surface area contributed by atoms with Crippen LogP contribution in [0.15, 0.2) is 29.4 Å². The molecule has 0 unspecified atom stereocenters. The quantitative estimate of drug-likeness (QED) is 0.395. The van der Waals surface area contributed by atoms with Crippen molar-refractivity contribution in [3.8, 4) is 0 Å². The van der Waals surface area contributed by atoms with Crippen LogP contribution in [-0.2, 0) is 6.42 Å². The molecule has 3 rings (SSSR count). The van der Waals surface area contributed by atoms with Gasteiger partial charge in [0.05, 0.1) is 0 Å². The summed E-state index contributed by atoms with van der Waals surface area (Å²) in [6, 6.07) is 5.72. The summed E-state index contributed by atoms with van der Waals surface area (Å²) in [5.74, 6) is 2.36. The third-order valence-corrected chi connectivity index (χ3v) is 5.65. The highest BCUT2D eigenvalue weighted by molar-refractivity contribution is 7.99. The maximum absolute atomic E-state index is 12.9. The number of hydrogen-bond donors (Lipinski definition) is 1. The molecular formula is C19H24FN3OS. The molecule has 0 amide bonds. The minimum atomic E-state index is -0.319. The number of benzene rings is 1. The number of hydrogen-bond acceptors (Lipinski definition) is 4. The lowest BCUT2D eigenvalue weighted by Gasteiger charge is -2.05. The molecule has 0 radical (unpaired) electrons. The zero-order chi connectivity index (χ0) is 17.5. The fourth-order valence-corrected chi connectivity index (χ4v) is 4.03. The van der Waals surface area contributed by atoms with E-state index in [0.29, 0.717) is 12.0 Å². The topological polar surface area (TPSA) is 58.6 Å². The molecule has 0 aliphatic heterocycles. The van der Waals surface area contributed by atoms with Gasteiger partial charge < -0.3 is 0 Å². The number of aromatic nitrogens is 3. The first-order valence-electron chi connectivity index (χ1n) is 9.03. The molecule has 134 valence electrons. The van der Waals surface area contributed by atoms with Gasteiger partial charge in [0.25, 0.3) is 0 Å². The number of rotatable bonds is 9. The molecule has 1 aliphatic carbocycles. The van der Waals surface area contributed by atoms with E-state index in [0.717, 1.165) is 35.5 Å². The summed E-state index contributed by atoms with van der Waals surface area (Å²) in [4.78, 5) is 16.5. The second-order valence-electron chi connectivity index (χ2n) is 6.64. The number of thioether (sulfide) groups is 1. The number of nitrogens with one attached hydrogen (secondary N) is 1. The van der Waals surface area contributed by atoms with E-state index >= 15 is 0 Å². The van der Waals surface area contributed by atoms with Crippen LogP contribution < -0.4 is 0 Å². The number of ketones is 1. The first-order chi connectivity index (χ1) is 12.2. The van der Waals surface area contributed by atoms with Crippen molar-refractivity contribution in [3.05, 3.63) is 41.5 Å². The van der Waals surface area contributed by atoms with Gasteiger partial charge in [0.1, 0.15) is 11.6 Å². The van der Waals surface area contributed by atoms with Crippen LogP contribution in [0.4, 0.5) is 4.39 Å². The van der Waals surface area contributed by atoms with E-state index in [1.807, 2.05) is 0 Å². The van der Waals surface area contributed by atoms with Crippen molar-refractivity contribution in [3.63, 3.8) is 0 Å². The Morgan fingerprint density at radius 3 is 2.76 bits per heavy atom. The Morgan fingerprint density at radius 1 is 1.24 bits per heavy atom. The number of aromatic amines is 1. The third-order valence-electron chi connectivity index (χ3n) is 4.72. The van der Waals surface area contributed by atoms with Crippen LogP contribution in [0.3, 0.4) is 0 Å². The summed E-state index contributed by atoms with van der Waals surface area (Å²) in [7, 11) is 0. The first-order valence-corrected chi connectivity index (χ1v) is 10.0. The smallest absolute Gasteiger partial charge is 0.208 e. The van der Waals surface area contributed by atoms with Crippen molar-refractivity contribution in [1.82, 2.24) is 15.2 Å². The van der Waals surface area contributed by atoms with Crippen molar-refractivity contribution < 1.29 is 9.18 Å². The van der Waals surface area contributed by atoms with Gasteiger partial charge >= 0.3 is 0 Å². The van der Waals surface area contributed by atoms with Gasteiger partial charge in [0.15, 0.2) is 5.78 Å². The van der Waals surface area contributed by atoms with Crippen LogP contribution in [0.2, 0.25) is 0 Å². The Bertz CT molecular complexity index is 680. The van der Waals surface area contributed by atoms with Crippen LogP contribution >= 0.6 is 11.8 Å². The Balaban J connectivity index is 1.34. The third kappa shape index (κ3) is 5.66. The van der Waals surface area contributed by atoms with E-state index < -0.39 is 0 Å². The number of H-pyrrole nitrogens is 1. The maximum Gasteiger partial charge on any atom is 0.208 e. The standard InChI is InChI=1S/C19H24FN3OS/c20-16-10-8-15(9-11-16)17(24)6-3-13-25-19-21-18(22-23-19)12-7-14-4-1-2-5-14/h8-11,14H,1-7,12-13H2,(H,21,22,23). The van der Waals surface area contributed by atoms with Gasteiger partial charge in [-0.2, -0.15) is 0 Å². The summed E-state index contributed by atoms with van der Waals surface area (Å²) in [6.07, 6.45) is 8.85. The lowest BCUT2D eigenvalue weighted by molar-refractivity contribution is 0.0982. The molecule has 1 aliphatic rings. The van der Waals surface area contributed by atoms with Gasteiger partial charge in [0, 0.05) is 24.2 Å². The Kier molecular flexibility index (Phi) is 6.62. The molecule has 2 aromatic rings. The van der Waals surface area contributed by atoms with Crippen molar-refractivity contribution in [2.75, 3.05) is 5.75 Å². The highest BCUT2D eigenvalue weighted by Crippen LogP contribution is 2.28. The van der Waals surface area contributed by atoms with Crippen LogP contribution in [0.5, 0.6) is 0 Å². The zero-order valence-corrected chi connectivity index (χ0v) is 15.2. The lowest BCUT2D eigenvalue weighted by atomic mass is 10.0. The molecule has 0 spiro atoms. The van der Waals surface area contributed by atoms with Crippen LogP contribution in [0.25, 0.3) is 0 Å². The minimum Gasteiger partial charge on any atom is -0.294 e. The Morgan fingerprint density at radius 2 is 2.00 bits per heavy atom. The molecule has 0 atom stereocenters. The number of nitrogens with zero attached hydrogens (tertiary/aromatic N) is 2. The number of carbonyl (C=O) groups excluding carboxylic acids is 1. The molecule has 1 fully saturated rings. The van der Waals surface area contributed by atoms with Crippen molar-refractivity contribution >= 4 is 17.5 Å². The highest BCUT2D eigenvalue weighted by atomic mass is 32.2. The second-order valence-corrected chi connectivity index (χ2v) is 7.70. The fourth-order valence-electron chi connectivity index (χ4n) is 3.27. The molecule has 1 heterocycles. The zero-order valence-electron chi connectivity index (χ0n) is 14.3. The Labute approximate surface area is 152 Å². The fraction of sp³-hybridized carbons (Fsp3) is 0.526. The Hall–Kier alpha value is -1.69. The largest absolute Gasteiger partial charge is 0.294 e. The molecule has 4 nitrogen and oxygen atoms in total. The van der Waals surface area contributed by atoms with Gasteiger partial charge in [0.2, 0.25) is 5.16 Å². The van der Waals surface area contributed by atoms with E-state index in [-0.39, 0.29) is 11.6 Å². The summed E-state index contributed by atoms with van der Waals surface area (Å²) >= 11 is 1.57.